The molecule has 24 heavy (non-hydrogen) atoms. The molecule has 1 aliphatic heterocycles. The van der Waals surface area contributed by atoms with E-state index >= 15 is 0 Å². The molecule has 0 aromatic heterocycles. The second kappa shape index (κ2) is 7.61. The van der Waals surface area contributed by atoms with Crippen LogP contribution in [0.5, 0.6) is 0 Å². The Morgan fingerprint density at radius 1 is 1.21 bits per heavy atom. The van der Waals surface area contributed by atoms with Gasteiger partial charge in [0.25, 0.3) is 0 Å². The molecule has 1 aliphatic rings. The van der Waals surface area contributed by atoms with Crippen LogP contribution in [-0.4, -0.2) is 48.0 Å². The third-order valence-electron chi connectivity index (χ3n) is 3.31. The lowest BCUT2D eigenvalue weighted by Crippen LogP contribution is -2.52. The lowest BCUT2D eigenvalue weighted by molar-refractivity contribution is -0.138. The molecule has 0 saturated carbocycles. The lowest BCUT2D eigenvalue weighted by Gasteiger charge is -2.33. The number of carbonyl (C=O) groups is 2. The van der Waals surface area contributed by atoms with Crippen molar-refractivity contribution in [2.75, 3.05) is 13.1 Å². The van der Waals surface area contributed by atoms with E-state index in [0.717, 1.165) is 0 Å². The summed E-state index contributed by atoms with van der Waals surface area (Å²) in [6.07, 6.45) is -1.67. The third-order valence-corrected chi connectivity index (χ3v) is 3.31. The zero-order valence-electron chi connectivity index (χ0n) is 14.1. The SMILES string of the molecule is CC(C)(C)OC(=O)NC1CC(F)CN(OC(=O)c2ccccc2)C1. The van der Waals surface area contributed by atoms with E-state index in [2.05, 4.69) is 5.32 Å². The van der Waals surface area contributed by atoms with Crippen molar-refractivity contribution in [1.82, 2.24) is 10.4 Å². The Kier molecular flexibility index (Phi) is 5.77. The maximum Gasteiger partial charge on any atom is 0.407 e. The third kappa shape index (κ3) is 5.81. The number of rotatable bonds is 3. The first-order valence-corrected chi connectivity index (χ1v) is 7.89. The average molecular weight is 338 g/mol. The highest BCUT2D eigenvalue weighted by molar-refractivity contribution is 5.89. The number of halogens is 1. The minimum Gasteiger partial charge on any atom is -0.444 e. The van der Waals surface area contributed by atoms with Crippen LogP contribution in [0.3, 0.4) is 0 Å². The second-order valence-corrected chi connectivity index (χ2v) is 6.77. The molecule has 6 nitrogen and oxygen atoms in total. The van der Waals surface area contributed by atoms with Gasteiger partial charge in [-0.05, 0) is 32.9 Å². The Bertz CT molecular complexity index is 574. The summed E-state index contributed by atoms with van der Waals surface area (Å²) in [5.41, 5.74) is -0.247. The van der Waals surface area contributed by atoms with Gasteiger partial charge in [-0.25, -0.2) is 14.0 Å². The Balaban J connectivity index is 1.90. The fourth-order valence-corrected chi connectivity index (χ4v) is 2.40. The number of ether oxygens (including phenoxy) is 1. The summed E-state index contributed by atoms with van der Waals surface area (Å²) in [7, 11) is 0. The molecule has 1 amide bonds. The van der Waals surface area contributed by atoms with E-state index in [9.17, 15) is 14.0 Å². The van der Waals surface area contributed by atoms with Gasteiger partial charge in [-0.15, -0.1) is 5.06 Å². The fraction of sp³-hybridized carbons (Fsp3) is 0.529. The van der Waals surface area contributed by atoms with Crippen molar-refractivity contribution in [3.63, 3.8) is 0 Å². The molecular formula is C17H23FN2O4. The van der Waals surface area contributed by atoms with Gasteiger partial charge in [-0.2, -0.15) is 0 Å². The maximum atomic E-state index is 13.9. The number of amides is 1. The van der Waals surface area contributed by atoms with Crippen LogP contribution in [0, 0.1) is 0 Å². The number of alkyl halides is 1. The summed E-state index contributed by atoms with van der Waals surface area (Å²) in [5.74, 6) is -0.555. The number of nitrogens with one attached hydrogen (secondary N) is 1. The van der Waals surface area contributed by atoms with Gasteiger partial charge in [0.05, 0.1) is 24.7 Å². The highest BCUT2D eigenvalue weighted by Gasteiger charge is 2.31. The molecule has 2 unspecified atom stereocenters. The zero-order valence-corrected chi connectivity index (χ0v) is 14.1. The van der Waals surface area contributed by atoms with Crippen LogP contribution in [0.1, 0.15) is 37.6 Å². The average Bonchev–Trinajstić information content (AvgIpc) is 2.45. The molecule has 1 N–H and O–H groups in total. The van der Waals surface area contributed by atoms with Crippen LogP contribution >= 0.6 is 0 Å². The van der Waals surface area contributed by atoms with Crippen molar-refractivity contribution >= 4 is 12.1 Å². The number of hydroxylamine groups is 2. The van der Waals surface area contributed by atoms with E-state index in [1.165, 1.54) is 5.06 Å². The van der Waals surface area contributed by atoms with Crippen LogP contribution < -0.4 is 5.32 Å². The van der Waals surface area contributed by atoms with Gasteiger partial charge in [0.2, 0.25) is 0 Å². The van der Waals surface area contributed by atoms with Crippen LogP contribution in [-0.2, 0) is 9.57 Å². The van der Waals surface area contributed by atoms with E-state index in [4.69, 9.17) is 9.57 Å². The normalized spacial score (nSPS) is 21.8. The van der Waals surface area contributed by atoms with Crippen molar-refractivity contribution in [1.29, 1.82) is 0 Å². The van der Waals surface area contributed by atoms with Crippen molar-refractivity contribution in [2.24, 2.45) is 0 Å². The molecule has 1 aromatic rings. The first-order chi connectivity index (χ1) is 11.2. The van der Waals surface area contributed by atoms with Crippen LogP contribution in [0.4, 0.5) is 9.18 Å². The molecule has 7 heteroatoms. The number of nitrogens with zero attached hydrogens (tertiary/aromatic N) is 1. The highest BCUT2D eigenvalue weighted by Crippen LogP contribution is 2.16. The predicted octanol–water partition coefficient (Wildman–Crippen LogP) is 2.70. The van der Waals surface area contributed by atoms with Gasteiger partial charge in [-0.3, -0.25) is 0 Å². The molecule has 1 saturated heterocycles. The highest BCUT2D eigenvalue weighted by atomic mass is 19.1. The lowest BCUT2D eigenvalue weighted by atomic mass is 10.1. The molecule has 0 radical (unpaired) electrons. The molecule has 1 fully saturated rings. The smallest absolute Gasteiger partial charge is 0.407 e. The predicted molar refractivity (Wildman–Crippen MR) is 86.1 cm³/mol. The van der Waals surface area contributed by atoms with Crippen LogP contribution in [0.2, 0.25) is 0 Å². The minimum atomic E-state index is -1.21. The minimum absolute atomic E-state index is 0.0227. The van der Waals surface area contributed by atoms with Gasteiger partial charge >= 0.3 is 12.1 Å². The monoisotopic (exact) mass is 338 g/mol. The Hall–Kier alpha value is -2.15. The van der Waals surface area contributed by atoms with Crippen molar-refractivity contribution in [3.8, 4) is 0 Å². The van der Waals surface area contributed by atoms with Gasteiger partial charge < -0.3 is 14.9 Å². The molecule has 1 heterocycles. The Morgan fingerprint density at radius 3 is 2.50 bits per heavy atom. The van der Waals surface area contributed by atoms with Gasteiger partial charge in [0.1, 0.15) is 11.8 Å². The van der Waals surface area contributed by atoms with Gasteiger partial charge in [0, 0.05) is 6.42 Å². The van der Waals surface area contributed by atoms with E-state index in [1.807, 2.05) is 0 Å². The molecule has 2 rings (SSSR count). The fourth-order valence-electron chi connectivity index (χ4n) is 2.40. The van der Waals surface area contributed by atoms with E-state index in [1.54, 1.807) is 51.1 Å². The first kappa shape index (κ1) is 18.2. The molecule has 2 atom stereocenters. The standard InChI is InChI=1S/C17H23FN2O4/c1-17(2,3)23-16(22)19-14-9-13(18)10-20(11-14)24-15(21)12-7-5-4-6-8-12/h4-8,13-14H,9-11H2,1-3H3,(H,19,22). The summed E-state index contributed by atoms with van der Waals surface area (Å²) < 4.78 is 19.1. The van der Waals surface area contributed by atoms with E-state index in [0.29, 0.717) is 5.56 Å². The topological polar surface area (TPSA) is 67.9 Å². The number of carbonyl (C=O) groups excluding carboxylic acids is 2. The number of benzene rings is 1. The summed E-state index contributed by atoms with van der Waals surface area (Å²) in [6.45, 7) is 5.43. The first-order valence-electron chi connectivity index (χ1n) is 7.89. The molecule has 1 aromatic carbocycles. The number of piperidine rings is 1. The van der Waals surface area contributed by atoms with Crippen LogP contribution in [0.25, 0.3) is 0 Å². The molecule has 0 spiro atoms. The zero-order chi connectivity index (χ0) is 17.7. The van der Waals surface area contributed by atoms with E-state index < -0.39 is 29.9 Å². The summed E-state index contributed by atoms with van der Waals surface area (Å²) in [6, 6.07) is 7.98. The summed E-state index contributed by atoms with van der Waals surface area (Å²) >= 11 is 0. The molecule has 132 valence electrons. The number of hydrogen-bond acceptors (Lipinski definition) is 5. The molecular weight excluding hydrogens is 315 g/mol. The maximum absolute atomic E-state index is 13.9. The van der Waals surface area contributed by atoms with Crippen LogP contribution in [0.15, 0.2) is 30.3 Å². The van der Waals surface area contributed by atoms with E-state index in [-0.39, 0.29) is 19.5 Å². The largest absolute Gasteiger partial charge is 0.444 e. The summed E-state index contributed by atoms with van der Waals surface area (Å²) in [5, 5.41) is 3.86. The number of alkyl carbamates (subject to hydrolysis) is 1. The summed E-state index contributed by atoms with van der Waals surface area (Å²) in [4.78, 5) is 29.1. The Labute approximate surface area is 140 Å². The van der Waals surface area contributed by atoms with Crippen molar-refractivity contribution in [2.45, 2.75) is 45.0 Å². The van der Waals surface area contributed by atoms with Crippen molar-refractivity contribution < 1.29 is 23.6 Å². The van der Waals surface area contributed by atoms with Crippen molar-refractivity contribution in [3.05, 3.63) is 35.9 Å². The van der Waals surface area contributed by atoms with Gasteiger partial charge in [0.15, 0.2) is 0 Å². The molecule has 0 bridgehead atoms. The second-order valence-electron chi connectivity index (χ2n) is 6.77. The Morgan fingerprint density at radius 2 is 1.88 bits per heavy atom. The van der Waals surface area contributed by atoms with Gasteiger partial charge in [-0.1, -0.05) is 18.2 Å². The quantitative estimate of drug-likeness (QED) is 0.918. The molecule has 0 aliphatic carbocycles. The number of hydrogen-bond donors (Lipinski definition) is 1.